The lowest BCUT2D eigenvalue weighted by Crippen LogP contribution is -2.59. The molecule has 168 valence electrons. The third-order valence-electron chi connectivity index (χ3n) is 6.12. The second-order valence-corrected chi connectivity index (χ2v) is 8.77. The highest BCUT2D eigenvalue weighted by atomic mass is 32.2. The molecule has 0 heterocycles. The van der Waals surface area contributed by atoms with Gasteiger partial charge in [-0.25, -0.2) is 0 Å². The lowest BCUT2D eigenvalue weighted by molar-refractivity contribution is -0.137. The number of alkyl halides is 3. The highest BCUT2D eigenvalue weighted by Gasteiger charge is 2.47. The lowest BCUT2D eigenvalue weighted by atomic mass is 9.68. The van der Waals surface area contributed by atoms with E-state index in [1.54, 1.807) is 6.26 Å². The number of benzene rings is 2. The molecule has 3 rings (SSSR count). The van der Waals surface area contributed by atoms with Crippen molar-refractivity contribution in [3.8, 4) is 5.75 Å². The molecule has 0 bridgehead atoms. The average molecular weight is 453 g/mol. The SMILES string of the molecule is COc1cc(C(F)(F)F)cc(SC)c1C(=O)NC(c1ccccc1)C1(N(C)C)CCC1. The zero-order valence-corrected chi connectivity index (χ0v) is 18.9. The van der Waals surface area contributed by atoms with Gasteiger partial charge in [-0.05, 0) is 57.3 Å². The van der Waals surface area contributed by atoms with E-state index in [4.69, 9.17) is 4.74 Å². The molecule has 1 aliphatic carbocycles. The molecule has 0 spiro atoms. The van der Waals surface area contributed by atoms with E-state index in [1.165, 1.54) is 7.11 Å². The first kappa shape index (κ1) is 23.5. The van der Waals surface area contributed by atoms with E-state index in [9.17, 15) is 18.0 Å². The third-order valence-corrected chi connectivity index (χ3v) is 6.88. The predicted octanol–water partition coefficient (Wildman–Crippen LogP) is 5.39. The van der Waals surface area contributed by atoms with E-state index in [-0.39, 0.29) is 27.8 Å². The molecule has 8 heteroatoms. The first-order valence-corrected chi connectivity index (χ1v) is 11.2. The van der Waals surface area contributed by atoms with Gasteiger partial charge in [0.25, 0.3) is 5.91 Å². The molecule has 2 aromatic carbocycles. The molecular formula is C23H27F3N2O2S. The number of likely N-dealkylation sites (N-methyl/N-ethyl adjacent to an activating group) is 1. The van der Waals surface area contributed by atoms with Crippen LogP contribution in [0.5, 0.6) is 5.75 Å². The number of hydrogen-bond acceptors (Lipinski definition) is 4. The normalized spacial score (nSPS) is 16.5. The standard InChI is InChI=1S/C23H27F3N2O2S/c1-28(2)22(11-8-12-22)20(15-9-6-5-7-10-15)27-21(29)19-17(30-3)13-16(23(24,25)26)14-18(19)31-4/h5-7,9-10,13-14,20H,8,11-12H2,1-4H3,(H,27,29). The van der Waals surface area contributed by atoms with E-state index in [0.29, 0.717) is 0 Å². The predicted molar refractivity (Wildman–Crippen MR) is 117 cm³/mol. The number of methoxy groups -OCH3 is 1. The van der Waals surface area contributed by atoms with Gasteiger partial charge in [0.1, 0.15) is 5.75 Å². The van der Waals surface area contributed by atoms with Crippen molar-refractivity contribution in [3.63, 3.8) is 0 Å². The second kappa shape index (κ2) is 9.12. The zero-order valence-electron chi connectivity index (χ0n) is 18.0. The number of amides is 1. The Kier molecular flexibility index (Phi) is 6.91. The van der Waals surface area contributed by atoms with Crippen molar-refractivity contribution in [2.75, 3.05) is 27.5 Å². The summed E-state index contributed by atoms with van der Waals surface area (Å²) < 4.78 is 45.2. The molecule has 1 fully saturated rings. The van der Waals surface area contributed by atoms with Crippen molar-refractivity contribution in [2.45, 2.75) is 41.9 Å². The molecule has 1 unspecified atom stereocenters. The van der Waals surface area contributed by atoms with Crippen LogP contribution in [0.2, 0.25) is 0 Å². The smallest absolute Gasteiger partial charge is 0.416 e. The monoisotopic (exact) mass is 452 g/mol. The van der Waals surface area contributed by atoms with Crippen molar-refractivity contribution in [1.29, 1.82) is 0 Å². The van der Waals surface area contributed by atoms with E-state index >= 15 is 0 Å². The molecule has 1 aliphatic rings. The third kappa shape index (κ3) is 4.55. The number of thioether (sulfide) groups is 1. The zero-order chi connectivity index (χ0) is 22.8. The van der Waals surface area contributed by atoms with Crippen LogP contribution < -0.4 is 10.1 Å². The van der Waals surface area contributed by atoms with Crippen molar-refractivity contribution >= 4 is 17.7 Å². The van der Waals surface area contributed by atoms with Crippen LogP contribution in [0.3, 0.4) is 0 Å². The van der Waals surface area contributed by atoms with Gasteiger partial charge in [-0.15, -0.1) is 11.8 Å². The number of carbonyl (C=O) groups is 1. The van der Waals surface area contributed by atoms with Crippen molar-refractivity contribution < 1.29 is 22.7 Å². The molecule has 1 amide bonds. The number of halogens is 3. The van der Waals surface area contributed by atoms with Gasteiger partial charge >= 0.3 is 6.18 Å². The fraction of sp³-hybridized carbons (Fsp3) is 0.435. The number of rotatable bonds is 7. The van der Waals surface area contributed by atoms with Crippen LogP contribution >= 0.6 is 11.8 Å². The average Bonchev–Trinajstić information content (AvgIpc) is 2.70. The molecule has 4 nitrogen and oxygen atoms in total. The van der Waals surface area contributed by atoms with Crippen LogP contribution in [-0.4, -0.2) is 43.8 Å². The summed E-state index contributed by atoms with van der Waals surface area (Å²) in [4.78, 5) is 15.8. The molecule has 31 heavy (non-hydrogen) atoms. The highest BCUT2D eigenvalue weighted by Crippen LogP contribution is 2.46. The van der Waals surface area contributed by atoms with Crippen molar-refractivity contribution in [3.05, 3.63) is 59.2 Å². The van der Waals surface area contributed by atoms with Gasteiger partial charge in [0.05, 0.1) is 24.3 Å². The summed E-state index contributed by atoms with van der Waals surface area (Å²) >= 11 is 1.09. The quantitative estimate of drug-likeness (QED) is 0.572. The van der Waals surface area contributed by atoms with Crippen LogP contribution in [0.1, 0.15) is 46.8 Å². The van der Waals surface area contributed by atoms with Gasteiger partial charge in [0.15, 0.2) is 0 Å². The minimum Gasteiger partial charge on any atom is -0.496 e. The summed E-state index contributed by atoms with van der Waals surface area (Å²) in [5, 5.41) is 3.13. The van der Waals surface area contributed by atoms with Crippen LogP contribution in [-0.2, 0) is 6.18 Å². The van der Waals surface area contributed by atoms with Gasteiger partial charge in [0, 0.05) is 10.4 Å². The Bertz CT molecular complexity index is 903. The van der Waals surface area contributed by atoms with Crippen LogP contribution in [0.4, 0.5) is 13.2 Å². The lowest BCUT2D eigenvalue weighted by Gasteiger charge is -2.52. The molecule has 0 aromatic heterocycles. The maximum absolute atomic E-state index is 13.5. The summed E-state index contributed by atoms with van der Waals surface area (Å²) in [6, 6.07) is 11.3. The molecule has 0 radical (unpaired) electrons. The van der Waals surface area contributed by atoms with Gasteiger partial charge in [0.2, 0.25) is 0 Å². The molecule has 0 aliphatic heterocycles. The first-order chi connectivity index (χ1) is 14.6. The number of carbonyl (C=O) groups excluding carboxylic acids is 1. The topological polar surface area (TPSA) is 41.6 Å². The van der Waals surface area contributed by atoms with Gasteiger partial charge in [-0.1, -0.05) is 30.3 Å². The van der Waals surface area contributed by atoms with Gasteiger partial charge < -0.3 is 15.0 Å². The highest BCUT2D eigenvalue weighted by molar-refractivity contribution is 7.98. The Labute approximate surface area is 185 Å². The molecular weight excluding hydrogens is 425 g/mol. The summed E-state index contributed by atoms with van der Waals surface area (Å²) in [5.74, 6) is -0.534. The second-order valence-electron chi connectivity index (χ2n) is 7.92. The molecule has 1 atom stereocenters. The molecule has 0 saturated heterocycles. The van der Waals surface area contributed by atoms with Gasteiger partial charge in [-0.2, -0.15) is 13.2 Å². The van der Waals surface area contributed by atoms with E-state index in [1.807, 2.05) is 44.4 Å². The fourth-order valence-corrected chi connectivity index (χ4v) is 4.85. The maximum Gasteiger partial charge on any atom is 0.416 e. The molecule has 1 saturated carbocycles. The Morgan fingerprint density at radius 3 is 2.29 bits per heavy atom. The number of nitrogens with one attached hydrogen (secondary N) is 1. The largest absolute Gasteiger partial charge is 0.496 e. The van der Waals surface area contributed by atoms with Crippen LogP contribution in [0.25, 0.3) is 0 Å². The maximum atomic E-state index is 13.5. The van der Waals surface area contributed by atoms with Crippen LogP contribution in [0, 0.1) is 0 Å². The first-order valence-electron chi connectivity index (χ1n) is 10.0. The minimum absolute atomic E-state index is 0.0870. The Hall–Kier alpha value is -2.19. The van der Waals surface area contributed by atoms with Gasteiger partial charge in [-0.3, -0.25) is 4.79 Å². The van der Waals surface area contributed by atoms with Crippen molar-refractivity contribution in [1.82, 2.24) is 10.2 Å². The van der Waals surface area contributed by atoms with E-state index < -0.39 is 17.6 Å². The summed E-state index contributed by atoms with van der Waals surface area (Å²) in [7, 11) is 5.26. The van der Waals surface area contributed by atoms with Crippen molar-refractivity contribution in [2.24, 2.45) is 0 Å². The minimum atomic E-state index is -4.53. The molecule has 2 aromatic rings. The van der Waals surface area contributed by atoms with Crippen LogP contribution in [0.15, 0.2) is 47.4 Å². The summed E-state index contributed by atoms with van der Waals surface area (Å²) in [6.07, 6.45) is 0.00364. The Morgan fingerprint density at radius 2 is 1.84 bits per heavy atom. The number of hydrogen-bond donors (Lipinski definition) is 1. The van der Waals surface area contributed by atoms with E-state index in [2.05, 4.69) is 10.2 Å². The summed E-state index contributed by atoms with van der Waals surface area (Å²) in [6.45, 7) is 0. The number of ether oxygens (including phenoxy) is 1. The number of nitrogens with zero attached hydrogens (tertiary/aromatic N) is 1. The Balaban J connectivity index is 2.05. The Morgan fingerprint density at radius 1 is 1.19 bits per heavy atom. The molecule has 1 N–H and O–H groups in total. The van der Waals surface area contributed by atoms with E-state index in [0.717, 1.165) is 48.7 Å². The fourth-order valence-electron chi connectivity index (χ4n) is 4.21. The summed E-state index contributed by atoms with van der Waals surface area (Å²) in [5.41, 5.74) is -0.0121.